The van der Waals surface area contributed by atoms with Gasteiger partial charge < -0.3 is 0 Å². The molecule has 0 heterocycles. The van der Waals surface area contributed by atoms with Crippen molar-refractivity contribution < 1.29 is 9.47 Å². The van der Waals surface area contributed by atoms with Crippen molar-refractivity contribution in [2.45, 2.75) is 50.5 Å². The predicted molar refractivity (Wildman–Crippen MR) is 64.7 cm³/mol. The summed E-state index contributed by atoms with van der Waals surface area (Å²) in [5.74, 6) is 0. The van der Waals surface area contributed by atoms with Crippen LogP contribution in [0.3, 0.4) is 0 Å². The predicted octanol–water partition coefficient (Wildman–Crippen LogP) is 3.26. The first-order chi connectivity index (χ1) is 6.86. The summed E-state index contributed by atoms with van der Waals surface area (Å²) in [6, 6.07) is 0. The molecule has 0 radical (unpaired) electrons. The molecule has 0 aromatic rings. The van der Waals surface area contributed by atoms with Crippen molar-refractivity contribution in [1.29, 1.82) is 0 Å². The molecule has 0 spiro atoms. The van der Waals surface area contributed by atoms with Crippen LogP contribution in [0.4, 0.5) is 0 Å². The van der Waals surface area contributed by atoms with Gasteiger partial charge in [0, 0.05) is 0 Å². The van der Waals surface area contributed by atoms with Gasteiger partial charge in [-0.2, -0.15) is 0 Å². The molecular weight excluding hydrogens is 295 g/mol. The molecule has 2 saturated carbocycles. The fourth-order valence-corrected chi connectivity index (χ4v) is 12.5. The van der Waals surface area contributed by atoms with Gasteiger partial charge in [-0.25, -0.2) is 0 Å². The molecule has 2 aliphatic rings. The molecule has 0 unspecified atom stereocenters. The molecule has 2 fully saturated rings. The summed E-state index contributed by atoms with van der Waals surface area (Å²) < 4.78 is 12.0. The van der Waals surface area contributed by atoms with E-state index in [0.29, 0.717) is 12.2 Å². The first-order valence-corrected chi connectivity index (χ1v) is 16.2. The minimum atomic E-state index is -1.71. The van der Waals surface area contributed by atoms with Crippen LogP contribution in [-0.2, 0) is 9.47 Å². The van der Waals surface area contributed by atoms with E-state index in [0.717, 1.165) is 3.93 Å². The van der Waals surface area contributed by atoms with Crippen LogP contribution in [0, 0.1) is 5.41 Å². The Morgan fingerprint density at radius 1 is 1.27 bits per heavy atom. The van der Waals surface area contributed by atoms with Crippen LogP contribution in [0.15, 0.2) is 0 Å². The Labute approximate surface area is 97.6 Å². The normalized spacial score (nSPS) is 37.8. The van der Waals surface area contributed by atoms with E-state index in [2.05, 4.69) is 21.7 Å². The van der Waals surface area contributed by atoms with Gasteiger partial charge >= 0.3 is 97.7 Å². The van der Waals surface area contributed by atoms with Crippen LogP contribution in [0.2, 0.25) is 18.8 Å². The third-order valence-corrected chi connectivity index (χ3v) is 12.8. The van der Waals surface area contributed by atoms with Crippen molar-refractivity contribution in [2.75, 3.05) is 13.9 Å². The number of rotatable bonds is 5. The quantitative estimate of drug-likeness (QED) is 0.572. The average Bonchev–Trinajstić information content (AvgIpc) is 2.95. The second-order valence-electron chi connectivity index (χ2n) is 6.59. The van der Waals surface area contributed by atoms with Gasteiger partial charge in [0.2, 0.25) is 0 Å². The fraction of sp³-hybridized carbons (Fsp3) is 1.00. The molecule has 0 aromatic carbocycles. The molecule has 2 rings (SSSR count). The van der Waals surface area contributed by atoms with Gasteiger partial charge in [0.05, 0.1) is 0 Å². The summed E-state index contributed by atoms with van der Waals surface area (Å²) in [5, 5.41) is 0. The maximum atomic E-state index is 5.95. The van der Waals surface area contributed by atoms with E-state index in [1.165, 1.54) is 19.3 Å². The SMILES string of the molecule is COCOC1([C@@]2(C)C[C@@H]2[Sn]([CH3])([CH3])[CH3])CC1. The maximum absolute atomic E-state index is 5.95. The molecule has 0 aliphatic heterocycles. The molecular formula is C12H24O2Sn. The van der Waals surface area contributed by atoms with Crippen molar-refractivity contribution in [1.82, 2.24) is 0 Å². The Kier molecular flexibility index (Phi) is 2.93. The molecule has 0 aromatic heterocycles. The third-order valence-electron chi connectivity index (χ3n) is 4.48. The second kappa shape index (κ2) is 3.61. The second-order valence-corrected chi connectivity index (χ2v) is 22.1. The standard InChI is InChI=1S/C9H15O2.3CH3.Sn/c1-8(3-4-8)9(5-6-9)11-7-10-2;;;;/h3H,4-7H2,1-2H3;3*1H3;/t8-;;;;/m1..../s1. The molecule has 3 heteroatoms. The van der Waals surface area contributed by atoms with E-state index in [4.69, 9.17) is 9.47 Å². The van der Waals surface area contributed by atoms with E-state index in [1.807, 2.05) is 0 Å². The topological polar surface area (TPSA) is 18.5 Å². The molecule has 0 amide bonds. The van der Waals surface area contributed by atoms with Crippen LogP contribution in [0.25, 0.3) is 0 Å². The van der Waals surface area contributed by atoms with Gasteiger partial charge in [-0.1, -0.05) is 0 Å². The molecule has 15 heavy (non-hydrogen) atoms. The van der Waals surface area contributed by atoms with Crippen molar-refractivity contribution in [3.63, 3.8) is 0 Å². The van der Waals surface area contributed by atoms with E-state index in [9.17, 15) is 0 Å². The minimum absolute atomic E-state index is 0.206. The summed E-state index contributed by atoms with van der Waals surface area (Å²) in [4.78, 5) is 7.66. The van der Waals surface area contributed by atoms with Gasteiger partial charge in [0.25, 0.3) is 0 Å². The van der Waals surface area contributed by atoms with Crippen LogP contribution in [0.1, 0.15) is 26.2 Å². The number of methoxy groups -OCH3 is 1. The zero-order valence-corrected chi connectivity index (χ0v) is 13.6. The van der Waals surface area contributed by atoms with Crippen LogP contribution >= 0.6 is 0 Å². The van der Waals surface area contributed by atoms with Gasteiger partial charge in [-0.3, -0.25) is 0 Å². The molecule has 0 saturated heterocycles. The number of hydrogen-bond acceptors (Lipinski definition) is 2. The van der Waals surface area contributed by atoms with Crippen molar-refractivity contribution in [3.8, 4) is 0 Å². The monoisotopic (exact) mass is 320 g/mol. The Morgan fingerprint density at radius 2 is 1.87 bits per heavy atom. The summed E-state index contributed by atoms with van der Waals surface area (Å²) >= 11 is -1.71. The Morgan fingerprint density at radius 3 is 2.20 bits per heavy atom. The summed E-state index contributed by atoms with van der Waals surface area (Å²) in [6.07, 6.45) is 3.92. The van der Waals surface area contributed by atoms with E-state index in [1.54, 1.807) is 7.11 Å². The van der Waals surface area contributed by atoms with E-state index >= 15 is 0 Å². The summed E-state index contributed by atoms with van der Waals surface area (Å²) in [6.45, 7) is 2.92. The van der Waals surface area contributed by atoms with Crippen LogP contribution < -0.4 is 0 Å². The van der Waals surface area contributed by atoms with E-state index < -0.39 is 18.4 Å². The van der Waals surface area contributed by atoms with Gasteiger partial charge in [0.1, 0.15) is 0 Å². The molecule has 88 valence electrons. The van der Waals surface area contributed by atoms with Crippen molar-refractivity contribution in [2.24, 2.45) is 5.41 Å². The summed E-state index contributed by atoms with van der Waals surface area (Å²) in [7, 11) is 1.71. The van der Waals surface area contributed by atoms with Crippen molar-refractivity contribution in [3.05, 3.63) is 0 Å². The Balaban J connectivity index is 2.00. The fourth-order valence-electron chi connectivity index (χ4n) is 3.30. The molecule has 0 bridgehead atoms. The molecule has 0 N–H and O–H groups in total. The zero-order chi connectivity index (χ0) is 11.3. The number of hydrogen-bond donors (Lipinski definition) is 0. The molecule has 2 nitrogen and oxygen atoms in total. The van der Waals surface area contributed by atoms with Gasteiger partial charge in [-0.15, -0.1) is 0 Å². The van der Waals surface area contributed by atoms with Gasteiger partial charge in [-0.05, 0) is 0 Å². The third kappa shape index (κ3) is 1.98. The average molecular weight is 319 g/mol. The first-order valence-electron chi connectivity index (χ1n) is 5.99. The Bertz CT molecular complexity index is 255. The van der Waals surface area contributed by atoms with Crippen LogP contribution in [0.5, 0.6) is 0 Å². The van der Waals surface area contributed by atoms with Crippen LogP contribution in [-0.4, -0.2) is 37.9 Å². The van der Waals surface area contributed by atoms with E-state index in [-0.39, 0.29) is 5.60 Å². The Hall–Kier alpha value is 0.719. The molecule has 2 aliphatic carbocycles. The zero-order valence-electron chi connectivity index (χ0n) is 10.7. The van der Waals surface area contributed by atoms with Gasteiger partial charge in [0.15, 0.2) is 0 Å². The van der Waals surface area contributed by atoms with Crippen molar-refractivity contribution >= 4 is 18.4 Å². The first kappa shape index (κ1) is 12.2. The number of ether oxygens (including phenoxy) is 2. The molecule has 2 atom stereocenters. The summed E-state index contributed by atoms with van der Waals surface area (Å²) in [5.41, 5.74) is 0.706.